The number of amides is 1. The number of oxazole rings is 1. The van der Waals surface area contributed by atoms with E-state index in [0.717, 1.165) is 11.1 Å². The van der Waals surface area contributed by atoms with Crippen LogP contribution in [0.4, 0.5) is 5.69 Å². The molecule has 0 aliphatic rings. The second-order valence-corrected chi connectivity index (χ2v) is 4.59. The van der Waals surface area contributed by atoms with E-state index in [1.54, 1.807) is 26.0 Å². The first-order valence-electron chi connectivity index (χ1n) is 6.47. The molecular formula is C16H16N2O3. The Morgan fingerprint density at radius 1 is 1.38 bits per heavy atom. The van der Waals surface area contributed by atoms with Crippen molar-refractivity contribution in [3.63, 3.8) is 0 Å². The Morgan fingerprint density at radius 3 is 2.71 bits per heavy atom. The van der Waals surface area contributed by atoms with Crippen LogP contribution in [-0.4, -0.2) is 22.6 Å². The number of aromatic nitrogens is 1. The van der Waals surface area contributed by atoms with Crippen LogP contribution in [0.5, 0.6) is 0 Å². The summed E-state index contributed by atoms with van der Waals surface area (Å²) in [5, 5.41) is 11.5. The zero-order valence-corrected chi connectivity index (χ0v) is 12.2. The normalized spacial score (nSPS) is 9.90. The SMILES string of the molecule is Cc1nc(C)c(C(=O)Nc2ccc(C#CCO)c(C)c2)o1. The Bertz CT molecular complexity index is 736. The van der Waals surface area contributed by atoms with Gasteiger partial charge in [0.1, 0.15) is 6.61 Å². The summed E-state index contributed by atoms with van der Waals surface area (Å²) in [5.41, 5.74) is 2.95. The van der Waals surface area contributed by atoms with Gasteiger partial charge < -0.3 is 14.8 Å². The minimum absolute atomic E-state index is 0.179. The van der Waals surface area contributed by atoms with Crippen molar-refractivity contribution in [2.45, 2.75) is 20.8 Å². The molecule has 2 aromatic rings. The number of aliphatic hydroxyl groups excluding tert-OH is 1. The zero-order valence-electron chi connectivity index (χ0n) is 12.2. The van der Waals surface area contributed by atoms with Gasteiger partial charge >= 0.3 is 0 Å². The molecule has 1 aromatic heterocycles. The van der Waals surface area contributed by atoms with Crippen molar-refractivity contribution in [2.75, 3.05) is 11.9 Å². The fourth-order valence-corrected chi connectivity index (χ4v) is 1.95. The van der Waals surface area contributed by atoms with Crippen molar-refractivity contribution in [3.8, 4) is 11.8 Å². The summed E-state index contributed by atoms with van der Waals surface area (Å²) in [7, 11) is 0. The predicted octanol–water partition coefficient (Wildman–Crippen LogP) is 2.20. The second-order valence-electron chi connectivity index (χ2n) is 4.59. The van der Waals surface area contributed by atoms with Gasteiger partial charge in [-0.1, -0.05) is 11.8 Å². The van der Waals surface area contributed by atoms with Crippen LogP contribution in [0, 0.1) is 32.6 Å². The number of aliphatic hydroxyl groups is 1. The monoisotopic (exact) mass is 284 g/mol. The Labute approximate surface area is 123 Å². The third-order valence-electron chi connectivity index (χ3n) is 2.90. The third kappa shape index (κ3) is 3.50. The molecule has 108 valence electrons. The fraction of sp³-hybridized carbons (Fsp3) is 0.250. The largest absolute Gasteiger partial charge is 0.436 e. The zero-order chi connectivity index (χ0) is 15.4. The van der Waals surface area contributed by atoms with E-state index in [1.165, 1.54) is 0 Å². The van der Waals surface area contributed by atoms with E-state index in [1.807, 2.05) is 13.0 Å². The van der Waals surface area contributed by atoms with Crippen molar-refractivity contribution in [2.24, 2.45) is 0 Å². The van der Waals surface area contributed by atoms with Gasteiger partial charge in [0.2, 0.25) is 5.76 Å². The van der Waals surface area contributed by atoms with Gasteiger partial charge in [0, 0.05) is 18.2 Å². The lowest BCUT2D eigenvalue weighted by atomic mass is 10.1. The van der Waals surface area contributed by atoms with Gasteiger partial charge in [-0.15, -0.1) is 0 Å². The summed E-state index contributed by atoms with van der Waals surface area (Å²) in [6.07, 6.45) is 0. The number of carbonyl (C=O) groups excluding carboxylic acids is 1. The molecule has 2 rings (SSSR count). The number of rotatable bonds is 2. The quantitative estimate of drug-likeness (QED) is 0.829. The number of hydrogen-bond acceptors (Lipinski definition) is 4. The Kier molecular flexibility index (Phi) is 4.41. The standard InChI is InChI=1S/C16H16N2O3/c1-10-9-14(7-6-13(10)5-4-8-19)18-16(20)15-11(2)17-12(3)21-15/h6-7,9,19H,8H2,1-3H3,(H,18,20). The van der Waals surface area contributed by atoms with E-state index < -0.39 is 0 Å². The number of carbonyl (C=O) groups is 1. The summed E-state index contributed by atoms with van der Waals surface area (Å²) in [4.78, 5) is 16.2. The molecule has 0 spiro atoms. The Balaban J connectivity index is 2.18. The molecule has 0 atom stereocenters. The highest BCUT2D eigenvalue weighted by Crippen LogP contribution is 2.17. The van der Waals surface area contributed by atoms with Gasteiger partial charge in [0.15, 0.2) is 5.89 Å². The summed E-state index contributed by atoms with van der Waals surface area (Å²) in [6.45, 7) is 5.13. The summed E-state index contributed by atoms with van der Waals surface area (Å²) < 4.78 is 5.28. The number of nitrogens with zero attached hydrogens (tertiary/aromatic N) is 1. The van der Waals surface area contributed by atoms with Crippen LogP contribution < -0.4 is 5.32 Å². The van der Waals surface area contributed by atoms with E-state index in [-0.39, 0.29) is 18.3 Å². The minimum Gasteiger partial charge on any atom is -0.436 e. The van der Waals surface area contributed by atoms with E-state index in [9.17, 15) is 4.79 Å². The first kappa shape index (κ1) is 14.8. The maximum atomic E-state index is 12.1. The van der Waals surface area contributed by atoms with Crippen LogP contribution in [-0.2, 0) is 0 Å². The number of hydrogen-bond donors (Lipinski definition) is 2. The summed E-state index contributed by atoms with van der Waals surface area (Å²) >= 11 is 0. The molecule has 1 heterocycles. The molecular weight excluding hydrogens is 268 g/mol. The Morgan fingerprint density at radius 2 is 2.14 bits per heavy atom. The van der Waals surface area contributed by atoms with Gasteiger partial charge in [-0.05, 0) is 37.6 Å². The van der Waals surface area contributed by atoms with Crippen LogP contribution in [0.1, 0.15) is 33.3 Å². The van der Waals surface area contributed by atoms with Crippen molar-refractivity contribution < 1.29 is 14.3 Å². The molecule has 0 radical (unpaired) electrons. The van der Waals surface area contributed by atoms with Crippen LogP contribution in [0.2, 0.25) is 0 Å². The second kappa shape index (κ2) is 6.25. The topological polar surface area (TPSA) is 75.4 Å². The Hall–Kier alpha value is -2.58. The van der Waals surface area contributed by atoms with E-state index >= 15 is 0 Å². The number of aryl methyl sites for hydroxylation is 3. The summed E-state index contributed by atoms with van der Waals surface area (Å²) in [5.74, 6) is 5.79. The van der Waals surface area contributed by atoms with Crippen molar-refractivity contribution in [3.05, 3.63) is 46.7 Å². The molecule has 5 nitrogen and oxygen atoms in total. The first-order valence-corrected chi connectivity index (χ1v) is 6.47. The number of nitrogens with one attached hydrogen (secondary N) is 1. The maximum absolute atomic E-state index is 12.1. The van der Waals surface area contributed by atoms with Crippen LogP contribution in [0.15, 0.2) is 22.6 Å². The maximum Gasteiger partial charge on any atom is 0.293 e. The summed E-state index contributed by atoms with van der Waals surface area (Å²) in [6, 6.07) is 5.37. The highest BCUT2D eigenvalue weighted by molar-refractivity contribution is 6.03. The molecule has 0 aliphatic carbocycles. The molecule has 0 bridgehead atoms. The molecule has 0 saturated heterocycles. The molecule has 2 N–H and O–H groups in total. The van der Waals surface area contributed by atoms with Crippen LogP contribution >= 0.6 is 0 Å². The minimum atomic E-state index is -0.332. The smallest absolute Gasteiger partial charge is 0.293 e. The molecule has 1 aromatic carbocycles. The van der Waals surface area contributed by atoms with Gasteiger partial charge in [0.05, 0.1) is 5.69 Å². The molecule has 0 fully saturated rings. The van der Waals surface area contributed by atoms with Crippen molar-refractivity contribution in [1.29, 1.82) is 0 Å². The molecule has 1 amide bonds. The van der Waals surface area contributed by atoms with E-state index in [2.05, 4.69) is 22.1 Å². The molecule has 0 saturated carbocycles. The third-order valence-corrected chi connectivity index (χ3v) is 2.90. The molecule has 5 heteroatoms. The van der Waals surface area contributed by atoms with Crippen molar-refractivity contribution in [1.82, 2.24) is 4.98 Å². The average molecular weight is 284 g/mol. The fourth-order valence-electron chi connectivity index (χ4n) is 1.95. The highest BCUT2D eigenvalue weighted by Gasteiger charge is 2.16. The highest BCUT2D eigenvalue weighted by atomic mass is 16.4. The van der Waals surface area contributed by atoms with E-state index in [4.69, 9.17) is 9.52 Å². The van der Waals surface area contributed by atoms with Gasteiger partial charge in [0.25, 0.3) is 5.91 Å². The predicted molar refractivity (Wildman–Crippen MR) is 79.1 cm³/mol. The number of benzene rings is 1. The van der Waals surface area contributed by atoms with Crippen LogP contribution in [0.3, 0.4) is 0 Å². The molecule has 0 aliphatic heterocycles. The lowest BCUT2D eigenvalue weighted by Crippen LogP contribution is -2.12. The van der Waals surface area contributed by atoms with Gasteiger partial charge in [-0.25, -0.2) is 4.98 Å². The van der Waals surface area contributed by atoms with Crippen molar-refractivity contribution >= 4 is 11.6 Å². The van der Waals surface area contributed by atoms with E-state index in [0.29, 0.717) is 17.3 Å². The lowest BCUT2D eigenvalue weighted by Gasteiger charge is -2.06. The molecule has 21 heavy (non-hydrogen) atoms. The van der Waals surface area contributed by atoms with Gasteiger partial charge in [-0.3, -0.25) is 4.79 Å². The number of anilines is 1. The first-order chi connectivity index (χ1) is 10.0. The average Bonchev–Trinajstić information content (AvgIpc) is 2.77. The van der Waals surface area contributed by atoms with Crippen LogP contribution in [0.25, 0.3) is 0 Å². The lowest BCUT2D eigenvalue weighted by molar-refractivity contribution is 0.0994. The van der Waals surface area contributed by atoms with Gasteiger partial charge in [-0.2, -0.15) is 0 Å². The molecule has 0 unspecified atom stereocenters.